The van der Waals surface area contributed by atoms with Gasteiger partial charge in [-0.15, -0.1) is 0 Å². The van der Waals surface area contributed by atoms with Gasteiger partial charge in [0.2, 0.25) is 0 Å². The van der Waals surface area contributed by atoms with Crippen molar-refractivity contribution in [3.8, 4) is 17.1 Å². The minimum Gasteiger partial charge on any atom is -0.489 e. The molecule has 204 valence electrons. The van der Waals surface area contributed by atoms with E-state index in [4.69, 9.17) is 19.4 Å². The summed E-state index contributed by atoms with van der Waals surface area (Å²) in [5.74, 6) is 2.29. The van der Waals surface area contributed by atoms with Crippen molar-refractivity contribution >= 4 is 23.1 Å². The summed E-state index contributed by atoms with van der Waals surface area (Å²) in [6.45, 7) is 9.63. The number of benzene rings is 2. The molecule has 2 aromatic carbocycles. The molecule has 3 heterocycles. The number of pyridine rings is 1. The summed E-state index contributed by atoms with van der Waals surface area (Å²) in [4.78, 5) is 27.4. The van der Waals surface area contributed by atoms with Crippen LogP contribution in [0.1, 0.15) is 51.2 Å². The van der Waals surface area contributed by atoms with E-state index < -0.39 is 5.60 Å². The van der Waals surface area contributed by atoms with Crippen LogP contribution in [0.4, 0.5) is 10.6 Å². The van der Waals surface area contributed by atoms with Crippen molar-refractivity contribution in [3.63, 3.8) is 0 Å². The Morgan fingerprint density at radius 1 is 1.08 bits per heavy atom. The molecule has 8 nitrogen and oxygen atoms in total. The van der Waals surface area contributed by atoms with Crippen molar-refractivity contribution in [1.29, 1.82) is 0 Å². The Balaban J connectivity index is 1.21. The molecule has 8 heteroatoms. The molecule has 1 amide bonds. The Kier molecular flexibility index (Phi) is 7.72. The standard InChI is InChI=1S/C31H37N5O3/c1-21-8-7-9-22(18-21)20-38-25-13-11-23(12-14-25)28-33-26-15-16-27(34-29(26)35-28)32-19-24-10-5-6-17-36(24)30(37)39-31(2,3)4/h7-9,11-16,18,24H,5-6,10,17,19-20H2,1-4H3,(H2,32,33,34,35). The van der Waals surface area contributed by atoms with Crippen LogP contribution < -0.4 is 10.1 Å². The number of carbonyl (C=O) groups excluding carboxylic acids is 1. The van der Waals surface area contributed by atoms with Crippen LogP contribution in [-0.2, 0) is 11.3 Å². The summed E-state index contributed by atoms with van der Waals surface area (Å²) in [7, 11) is 0. The lowest BCUT2D eigenvalue weighted by Crippen LogP contribution is -2.48. The number of imidazole rings is 1. The molecule has 4 aromatic rings. The third-order valence-corrected chi connectivity index (χ3v) is 6.74. The van der Waals surface area contributed by atoms with Crippen molar-refractivity contribution in [2.45, 2.75) is 65.2 Å². The van der Waals surface area contributed by atoms with Gasteiger partial charge in [0.1, 0.15) is 29.6 Å². The summed E-state index contributed by atoms with van der Waals surface area (Å²) >= 11 is 0. The van der Waals surface area contributed by atoms with Crippen molar-refractivity contribution < 1.29 is 14.3 Å². The molecule has 2 aromatic heterocycles. The summed E-state index contributed by atoms with van der Waals surface area (Å²) in [6, 6.07) is 20.2. The van der Waals surface area contributed by atoms with Gasteiger partial charge in [-0.3, -0.25) is 0 Å². The van der Waals surface area contributed by atoms with Gasteiger partial charge in [-0.05, 0) is 88.9 Å². The van der Waals surface area contributed by atoms with Crippen LogP contribution in [0, 0.1) is 6.92 Å². The Bertz CT molecular complexity index is 1420. The average molecular weight is 528 g/mol. The van der Waals surface area contributed by atoms with Gasteiger partial charge in [0.15, 0.2) is 5.65 Å². The number of hydrogen-bond donors (Lipinski definition) is 2. The van der Waals surface area contributed by atoms with Crippen molar-refractivity contribution in [2.75, 3.05) is 18.4 Å². The Morgan fingerprint density at radius 2 is 1.90 bits per heavy atom. The molecule has 1 aliphatic rings. The molecule has 0 spiro atoms. The third-order valence-electron chi connectivity index (χ3n) is 6.74. The first kappa shape index (κ1) is 26.5. The van der Waals surface area contributed by atoms with E-state index in [0.717, 1.165) is 53.3 Å². The highest BCUT2D eigenvalue weighted by Gasteiger charge is 2.30. The first-order valence-corrected chi connectivity index (χ1v) is 13.6. The monoisotopic (exact) mass is 527 g/mol. The summed E-state index contributed by atoms with van der Waals surface area (Å²) in [5.41, 5.74) is 4.32. The number of anilines is 1. The normalized spacial score (nSPS) is 15.8. The van der Waals surface area contributed by atoms with Gasteiger partial charge in [-0.1, -0.05) is 29.8 Å². The fourth-order valence-electron chi connectivity index (χ4n) is 4.80. The van der Waals surface area contributed by atoms with Gasteiger partial charge in [-0.25, -0.2) is 14.8 Å². The molecule has 1 unspecified atom stereocenters. The lowest BCUT2D eigenvalue weighted by Gasteiger charge is -2.36. The Labute approximate surface area is 229 Å². The van der Waals surface area contributed by atoms with Gasteiger partial charge in [0.25, 0.3) is 0 Å². The van der Waals surface area contributed by atoms with E-state index in [-0.39, 0.29) is 12.1 Å². The minimum absolute atomic E-state index is 0.0625. The lowest BCUT2D eigenvalue weighted by molar-refractivity contribution is 0.0114. The van der Waals surface area contributed by atoms with Crippen LogP contribution in [-0.4, -0.2) is 50.7 Å². The maximum absolute atomic E-state index is 12.7. The molecular formula is C31H37N5O3. The molecule has 39 heavy (non-hydrogen) atoms. The van der Waals surface area contributed by atoms with Crippen LogP contribution in [0.3, 0.4) is 0 Å². The largest absolute Gasteiger partial charge is 0.489 e. The van der Waals surface area contributed by atoms with E-state index in [1.807, 2.05) is 68.1 Å². The molecule has 0 saturated carbocycles. The lowest BCUT2D eigenvalue weighted by atomic mass is 10.0. The maximum Gasteiger partial charge on any atom is 0.410 e. The van der Waals surface area contributed by atoms with Crippen LogP contribution in [0.2, 0.25) is 0 Å². The van der Waals surface area contributed by atoms with Gasteiger partial charge in [-0.2, -0.15) is 0 Å². The SMILES string of the molecule is Cc1cccc(COc2ccc(-c3nc4nc(NCC5CCCCN5C(=O)OC(C)(C)C)ccc4[nH]3)cc2)c1. The number of likely N-dealkylation sites (tertiary alicyclic amines) is 1. The van der Waals surface area contributed by atoms with E-state index >= 15 is 0 Å². The third kappa shape index (κ3) is 6.88. The zero-order chi connectivity index (χ0) is 27.4. The van der Waals surface area contributed by atoms with E-state index in [0.29, 0.717) is 25.3 Å². The zero-order valence-corrected chi connectivity index (χ0v) is 23.2. The molecule has 1 aliphatic heterocycles. The number of fused-ring (bicyclic) bond motifs is 1. The number of carbonyl (C=O) groups is 1. The summed E-state index contributed by atoms with van der Waals surface area (Å²) in [5, 5.41) is 3.41. The number of nitrogens with zero attached hydrogens (tertiary/aromatic N) is 3. The van der Waals surface area contributed by atoms with Gasteiger partial charge < -0.3 is 24.7 Å². The molecule has 5 rings (SSSR count). The van der Waals surface area contributed by atoms with Crippen LogP contribution in [0.5, 0.6) is 5.75 Å². The second kappa shape index (κ2) is 11.4. The molecule has 1 atom stereocenters. The first-order valence-electron chi connectivity index (χ1n) is 13.6. The van der Waals surface area contributed by atoms with Gasteiger partial charge in [0.05, 0.1) is 11.6 Å². The number of amides is 1. The number of H-pyrrole nitrogens is 1. The molecule has 0 radical (unpaired) electrons. The number of aromatic amines is 1. The van der Waals surface area contributed by atoms with E-state index in [9.17, 15) is 4.79 Å². The van der Waals surface area contributed by atoms with Crippen molar-refractivity contribution in [3.05, 3.63) is 71.8 Å². The smallest absolute Gasteiger partial charge is 0.410 e. The number of piperidine rings is 1. The predicted octanol–water partition coefficient (Wildman–Crippen LogP) is 6.71. The second-order valence-corrected chi connectivity index (χ2v) is 11.2. The molecule has 1 saturated heterocycles. The highest BCUT2D eigenvalue weighted by atomic mass is 16.6. The summed E-state index contributed by atoms with van der Waals surface area (Å²) in [6.07, 6.45) is 2.78. The van der Waals surface area contributed by atoms with E-state index in [1.54, 1.807) is 0 Å². The van der Waals surface area contributed by atoms with Gasteiger partial charge >= 0.3 is 6.09 Å². The highest BCUT2D eigenvalue weighted by molar-refractivity contribution is 5.77. The number of aryl methyl sites for hydroxylation is 1. The number of ether oxygens (including phenoxy) is 2. The zero-order valence-electron chi connectivity index (χ0n) is 23.2. The average Bonchev–Trinajstić information content (AvgIpc) is 3.34. The number of aromatic nitrogens is 3. The Morgan fingerprint density at radius 3 is 2.67 bits per heavy atom. The minimum atomic E-state index is -0.508. The molecular weight excluding hydrogens is 490 g/mol. The molecule has 1 fully saturated rings. The molecule has 0 bridgehead atoms. The molecule has 2 N–H and O–H groups in total. The van der Waals surface area contributed by atoms with Crippen molar-refractivity contribution in [1.82, 2.24) is 19.9 Å². The Hall–Kier alpha value is -4.07. The van der Waals surface area contributed by atoms with Crippen LogP contribution >= 0.6 is 0 Å². The highest BCUT2D eigenvalue weighted by Crippen LogP contribution is 2.25. The number of hydrogen-bond acceptors (Lipinski definition) is 6. The van der Waals surface area contributed by atoms with Crippen LogP contribution in [0.25, 0.3) is 22.6 Å². The maximum atomic E-state index is 12.7. The first-order chi connectivity index (χ1) is 18.7. The quantitative estimate of drug-likeness (QED) is 0.277. The van der Waals surface area contributed by atoms with E-state index in [1.165, 1.54) is 5.56 Å². The van der Waals surface area contributed by atoms with Crippen molar-refractivity contribution in [2.24, 2.45) is 0 Å². The topological polar surface area (TPSA) is 92.4 Å². The fraction of sp³-hybridized carbons (Fsp3) is 0.387. The second-order valence-electron chi connectivity index (χ2n) is 11.2. The van der Waals surface area contributed by atoms with Gasteiger partial charge in [0, 0.05) is 18.7 Å². The van der Waals surface area contributed by atoms with E-state index in [2.05, 4.69) is 35.4 Å². The summed E-state index contributed by atoms with van der Waals surface area (Å²) < 4.78 is 11.6. The number of nitrogens with one attached hydrogen (secondary N) is 2. The fourth-order valence-corrected chi connectivity index (χ4v) is 4.80. The predicted molar refractivity (Wildman–Crippen MR) is 154 cm³/mol. The number of rotatable bonds is 7. The van der Waals surface area contributed by atoms with Crippen LogP contribution in [0.15, 0.2) is 60.7 Å². The molecule has 0 aliphatic carbocycles.